The minimum Gasteiger partial charge on any atom is -0.497 e. The Morgan fingerprint density at radius 2 is 1.89 bits per heavy atom. The summed E-state index contributed by atoms with van der Waals surface area (Å²) in [6, 6.07) is 10.8. The standard InChI is InChI=1S/C30H39N5O8S/c1-18-15-35(19(2)17-36)28(37)14-22-13-24(33-44(39,40)29-20(3)32-43-21(29)4)9-12-26(22)42-27(18)16-34(5)30(38)31-23-7-10-25(41-6)11-8-23/h7-13,18-19,27,33,36H,14-17H2,1-6H3,(H,31,38)/t18-,19-,27+/m1/s1. The maximum Gasteiger partial charge on any atom is 0.321 e. The van der Waals surface area contributed by atoms with Gasteiger partial charge in [0.2, 0.25) is 5.91 Å². The number of nitrogens with zero attached hydrogens (tertiary/aromatic N) is 3. The lowest BCUT2D eigenvalue weighted by Crippen LogP contribution is -2.48. The fourth-order valence-electron chi connectivity index (χ4n) is 5.02. The first-order valence-corrected chi connectivity index (χ1v) is 15.6. The van der Waals surface area contributed by atoms with E-state index < -0.39 is 22.2 Å². The van der Waals surface area contributed by atoms with Crippen molar-refractivity contribution in [2.24, 2.45) is 5.92 Å². The van der Waals surface area contributed by atoms with Crippen molar-refractivity contribution in [3.8, 4) is 11.5 Å². The Hall–Kier alpha value is -4.30. The topological polar surface area (TPSA) is 164 Å². The number of aryl methyl sites for hydroxylation is 2. The Bertz CT molecular complexity index is 1570. The van der Waals surface area contributed by atoms with Gasteiger partial charge in [0, 0.05) is 36.4 Å². The lowest BCUT2D eigenvalue weighted by Gasteiger charge is -2.34. The Balaban J connectivity index is 1.61. The normalized spacial score (nSPS) is 17.8. The monoisotopic (exact) mass is 629 g/mol. The summed E-state index contributed by atoms with van der Waals surface area (Å²) in [5, 5.41) is 16.5. The summed E-state index contributed by atoms with van der Waals surface area (Å²) in [4.78, 5) is 29.6. The number of aliphatic hydroxyl groups is 1. The molecule has 14 heteroatoms. The van der Waals surface area contributed by atoms with Crippen LogP contribution in [-0.2, 0) is 21.2 Å². The molecule has 3 aromatic rings. The number of aromatic nitrogens is 1. The molecule has 4 rings (SSSR count). The van der Waals surface area contributed by atoms with E-state index in [1.165, 1.54) is 18.7 Å². The molecule has 1 aliphatic heterocycles. The highest BCUT2D eigenvalue weighted by Gasteiger charge is 2.32. The van der Waals surface area contributed by atoms with Crippen molar-refractivity contribution in [3.05, 3.63) is 59.5 Å². The molecule has 3 atom stereocenters. The van der Waals surface area contributed by atoms with Gasteiger partial charge in [0.25, 0.3) is 10.0 Å². The average Bonchev–Trinajstić information content (AvgIpc) is 3.35. The van der Waals surface area contributed by atoms with E-state index >= 15 is 0 Å². The number of carbonyl (C=O) groups excluding carboxylic acids is 2. The van der Waals surface area contributed by atoms with E-state index in [0.717, 1.165) is 0 Å². The van der Waals surface area contributed by atoms with Gasteiger partial charge in [0.05, 0.1) is 32.7 Å². The first kappa shape index (κ1) is 32.6. The SMILES string of the molecule is COc1ccc(NC(=O)N(C)C[C@@H]2Oc3ccc(NS(=O)(=O)c4c(C)noc4C)cc3CC(=O)N([C@H](C)CO)C[C@H]2C)cc1. The summed E-state index contributed by atoms with van der Waals surface area (Å²) < 4.78 is 45.5. The molecule has 44 heavy (non-hydrogen) atoms. The van der Waals surface area contributed by atoms with Crippen LogP contribution in [0.5, 0.6) is 11.5 Å². The van der Waals surface area contributed by atoms with Crippen molar-refractivity contribution in [3.63, 3.8) is 0 Å². The number of amides is 3. The van der Waals surface area contributed by atoms with Gasteiger partial charge in [-0.25, -0.2) is 13.2 Å². The van der Waals surface area contributed by atoms with E-state index in [1.807, 2.05) is 6.92 Å². The highest BCUT2D eigenvalue weighted by atomic mass is 32.2. The third kappa shape index (κ3) is 7.42. The second kappa shape index (κ2) is 13.6. The largest absolute Gasteiger partial charge is 0.497 e. The predicted octanol–water partition coefficient (Wildman–Crippen LogP) is 3.41. The number of methoxy groups -OCH3 is 1. The molecule has 3 N–H and O–H groups in total. The van der Waals surface area contributed by atoms with Gasteiger partial charge in [-0.05, 0) is 63.2 Å². The van der Waals surface area contributed by atoms with Crippen molar-refractivity contribution >= 4 is 33.3 Å². The average molecular weight is 630 g/mol. The molecule has 13 nitrogen and oxygen atoms in total. The van der Waals surface area contributed by atoms with E-state index in [1.54, 1.807) is 68.4 Å². The van der Waals surface area contributed by atoms with Crippen molar-refractivity contribution in [1.29, 1.82) is 0 Å². The smallest absolute Gasteiger partial charge is 0.321 e. The number of ether oxygens (including phenoxy) is 2. The van der Waals surface area contributed by atoms with Crippen LogP contribution >= 0.6 is 0 Å². The number of urea groups is 1. The highest BCUT2D eigenvalue weighted by molar-refractivity contribution is 7.92. The predicted molar refractivity (Wildman–Crippen MR) is 163 cm³/mol. The van der Waals surface area contributed by atoms with Crippen LogP contribution in [-0.4, -0.2) is 86.4 Å². The zero-order valence-corrected chi connectivity index (χ0v) is 26.5. The molecule has 3 amide bonds. The number of anilines is 2. The Morgan fingerprint density at radius 1 is 1.20 bits per heavy atom. The summed E-state index contributed by atoms with van der Waals surface area (Å²) in [5.41, 5.74) is 1.49. The molecule has 0 fully saturated rings. The zero-order chi connectivity index (χ0) is 32.2. The first-order valence-electron chi connectivity index (χ1n) is 14.1. The molecule has 0 spiro atoms. The summed E-state index contributed by atoms with van der Waals surface area (Å²) in [5.74, 6) is 0.714. The van der Waals surface area contributed by atoms with Crippen molar-refractivity contribution in [1.82, 2.24) is 15.0 Å². The summed E-state index contributed by atoms with van der Waals surface area (Å²) in [6.07, 6.45) is -0.641. The van der Waals surface area contributed by atoms with Crippen LogP contribution in [0.4, 0.5) is 16.2 Å². The van der Waals surface area contributed by atoms with Crippen LogP contribution in [0, 0.1) is 19.8 Å². The van der Waals surface area contributed by atoms with Gasteiger partial charge in [-0.15, -0.1) is 0 Å². The number of likely N-dealkylation sites (N-methyl/N-ethyl adjacent to an activating group) is 1. The van der Waals surface area contributed by atoms with E-state index in [4.69, 9.17) is 14.0 Å². The summed E-state index contributed by atoms with van der Waals surface area (Å²) in [6.45, 7) is 6.93. The summed E-state index contributed by atoms with van der Waals surface area (Å²) in [7, 11) is -0.821. The number of fused-ring (bicyclic) bond motifs is 1. The molecule has 0 saturated carbocycles. The fourth-order valence-corrected chi connectivity index (χ4v) is 6.40. The number of rotatable bonds is 9. The van der Waals surface area contributed by atoms with E-state index in [-0.39, 0.29) is 66.0 Å². The number of benzene rings is 2. The third-order valence-corrected chi connectivity index (χ3v) is 9.17. The number of hydrogen-bond donors (Lipinski definition) is 3. The minimum absolute atomic E-state index is 0.0545. The molecular weight excluding hydrogens is 590 g/mol. The highest BCUT2D eigenvalue weighted by Crippen LogP contribution is 2.31. The maximum atomic E-state index is 13.5. The molecule has 0 saturated heterocycles. The molecule has 0 bridgehead atoms. The number of aliphatic hydroxyl groups excluding tert-OH is 1. The van der Waals surface area contributed by atoms with Gasteiger partial charge in [-0.1, -0.05) is 12.1 Å². The van der Waals surface area contributed by atoms with E-state index in [0.29, 0.717) is 22.7 Å². The Kier molecular flexibility index (Phi) is 10.0. The molecule has 238 valence electrons. The molecule has 1 aromatic heterocycles. The second-order valence-corrected chi connectivity index (χ2v) is 12.6. The Morgan fingerprint density at radius 3 is 2.50 bits per heavy atom. The number of sulfonamides is 1. The fraction of sp³-hybridized carbons (Fsp3) is 0.433. The molecular formula is C30H39N5O8S. The minimum atomic E-state index is -4.03. The second-order valence-electron chi connectivity index (χ2n) is 11.0. The van der Waals surface area contributed by atoms with Crippen LogP contribution in [0.1, 0.15) is 30.9 Å². The lowest BCUT2D eigenvalue weighted by molar-refractivity contribution is -0.134. The molecule has 0 radical (unpaired) electrons. The van der Waals surface area contributed by atoms with Crippen LogP contribution in [0.25, 0.3) is 0 Å². The van der Waals surface area contributed by atoms with Crippen molar-refractivity contribution in [2.75, 3.05) is 43.9 Å². The van der Waals surface area contributed by atoms with Crippen LogP contribution in [0.15, 0.2) is 51.9 Å². The van der Waals surface area contributed by atoms with Crippen molar-refractivity contribution in [2.45, 2.75) is 51.2 Å². The van der Waals surface area contributed by atoms with Gasteiger partial charge in [-0.2, -0.15) is 0 Å². The van der Waals surface area contributed by atoms with Gasteiger partial charge in [0.15, 0.2) is 10.7 Å². The zero-order valence-electron chi connectivity index (χ0n) is 25.7. The molecule has 1 aliphatic rings. The van der Waals surface area contributed by atoms with Gasteiger partial charge >= 0.3 is 6.03 Å². The van der Waals surface area contributed by atoms with Gasteiger partial charge < -0.3 is 34.2 Å². The van der Waals surface area contributed by atoms with Crippen LogP contribution < -0.4 is 19.5 Å². The molecule has 2 aromatic carbocycles. The van der Waals surface area contributed by atoms with E-state index in [2.05, 4.69) is 15.2 Å². The molecule has 2 heterocycles. The Labute approximate surface area is 257 Å². The van der Waals surface area contributed by atoms with E-state index in [9.17, 15) is 23.1 Å². The van der Waals surface area contributed by atoms with Gasteiger partial charge in [-0.3, -0.25) is 9.52 Å². The third-order valence-electron chi connectivity index (χ3n) is 7.55. The lowest BCUT2D eigenvalue weighted by atomic mass is 10.0. The molecule has 0 unspecified atom stereocenters. The molecule has 0 aliphatic carbocycles. The number of nitrogens with one attached hydrogen (secondary N) is 2. The van der Waals surface area contributed by atoms with Crippen LogP contribution in [0.2, 0.25) is 0 Å². The first-order chi connectivity index (χ1) is 20.8. The maximum absolute atomic E-state index is 13.5. The number of hydrogen-bond acceptors (Lipinski definition) is 9. The quantitative estimate of drug-likeness (QED) is 0.322. The van der Waals surface area contributed by atoms with Gasteiger partial charge in [0.1, 0.15) is 23.3 Å². The van der Waals surface area contributed by atoms with Crippen molar-refractivity contribution < 1.29 is 37.1 Å². The number of carbonyl (C=O) groups is 2. The van der Waals surface area contributed by atoms with Crippen LogP contribution in [0.3, 0.4) is 0 Å². The summed E-state index contributed by atoms with van der Waals surface area (Å²) >= 11 is 0.